The van der Waals surface area contributed by atoms with Gasteiger partial charge in [0.25, 0.3) is 0 Å². The van der Waals surface area contributed by atoms with Crippen molar-refractivity contribution >= 4 is 13.7 Å². The quantitative estimate of drug-likeness (QED) is 0.0243. The second-order valence-corrected chi connectivity index (χ2v) is 26.7. The number of allylic oxidation sites excluding steroid dienone is 20. The van der Waals surface area contributed by atoms with E-state index in [2.05, 4.69) is 141 Å². The molecule has 0 radical (unpaired) electrons. The van der Waals surface area contributed by atoms with Gasteiger partial charge in [0.05, 0.1) is 39.9 Å². The van der Waals surface area contributed by atoms with E-state index >= 15 is 0 Å². The number of aliphatic hydroxyl groups is 1. The lowest BCUT2D eigenvalue weighted by Gasteiger charge is -2.26. The maximum Gasteiger partial charge on any atom is 0.472 e. The highest BCUT2D eigenvalue weighted by Gasteiger charge is 2.28. The fourth-order valence-corrected chi connectivity index (χ4v) is 10.9. The average molecular weight is 1220 g/mol. The SMILES string of the molecule is CC/C=C\C/C=C\C/C=C\C/C=C\C/C=C\C/C=C\C/C=C\C/C=C\C/C=C\C/C=C\CCCCCCCCC(=O)NC(COP(=O)(O)OCC[N+](C)(C)C)C(O)CCCCCCCCCCCCCCCCCCCCCCCCCCCCC. The summed E-state index contributed by atoms with van der Waals surface area (Å²) >= 11 is 0. The Morgan fingerprint density at radius 1 is 0.407 bits per heavy atom. The lowest BCUT2D eigenvalue weighted by molar-refractivity contribution is -0.870. The summed E-state index contributed by atoms with van der Waals surface area (Å²) in [6.07, 6.45) is 98.7. The van der Waals surface area contributed by atoms with Crippen molar-refractivity contribution in [1.29, 1.82) is 0 Å². The normalized spacial score (nSPS) is 14.4. The molecule has 0 rings (SSSR count). The highest BCUT2D eigenvalue weighted by atomic mass is 31.2. The van der Waals surface area contributed by atoms with E-state index in [9.17, 15) is 19.4 Å². The summed E-state index contributed by atoms with van der Waals surface area (Å²) in [6, 6.07) is -0.780. The molecule has 0 aromatic carbocycles. The van der Waals surface area contributed by atoms with E-state index < -0.39 is 20.0 Å². The fourth-order valence-electron chi connectivity index (χ4n) is 10.2. The van der Waals surface area contributed by atoms with Crippen molar-refractivity contribution in [2.24, 2.45) is 0 Å². The van der Waals surface area contributed by atoms with Gasteiger partial charge >= 0.3 is 7.82 Å². The number of amides is 1. The van der Waals surface area contributed by atoms with Crippen LogP contribution in [0.4, 0.5) is 0 Å². The molecule has 3 atom stereocenters. The van der Waals surface area contributed by atoms with Crippen LogP contribution in [-0.4, -0.2) is 73.4 Å². The van der Waals surface area contributed by atoms with Crippen LogP contribution in [0, 0.1) is 0 Å². The number of carbonyl (C=O) groups excluding carboxylic acids is 1. The van der Waals surface area contributed by atoms with E-state index in [1.807, 2.05) is 21.1 Å². The molecule has 3 unspecified atom stereocenters. The largest absolute Gasteiger partial charge is 0.472 e. The number of hydrogen-bond acceptors (Lipinski definition) is 5. The van der Waals surface area contributed by atoms with Crippen molar-refractivity contribution in [3.05, 3.63) is 122 Å². The first-order valence-electron chi connectivity index (χ1n) is 35.9. The number of nitrogens with one attached hydrogen (secondary N) is 1. The van der Waals surface area contributed by atoms with Crippen LogP contribution in [0.15, 0.2) is 122 Å². The summed E-state index contributed by atoms with van der Waals surface area (Å²) in [5.41, 5.74) is 0. The van der Waals surface area contributed by atoms with Gasteiger partial charge in [-0.2, -0.15) is 0 Å². The molecule has 0 fully saturated rings. The van der Waals surface area contributed by atoms with Gasteiger partial charge in [0.1, 0.15) is 13.2 Å². The van der Waals surface area contributed by atoms with Crippen LogP contribution in [0.1, 0.15) is 309 Å². The molecule has 86 heavy (non-hydrogen) atoms. The van der Waals surface area contributed by atoms with Gasteiger partial charge < -0.3 is 19.8 Å². The Labute approximate surface area is 533 Å². The topological polar surface area (TPSA) is 105 Å². The molecule has 9 heteroatoms. The van der Waals surface area contributed by atoms with Crippen molar-refractivity contribution in [2.45, 2.75) is 321 Å². The Kier molecular flexibility index (Phi) is 63.9. The summed E-state index contributed by atoms with van der Waals surface area (Å²) in [4.78, 5) is 23.5. The van der Waals surface area contributed by atoms with Gasteiger partial charge in [-0.25, -0.2) is 4.57 Å². The predicted octanol–water partition coefficient (Wildman–Crippen LogP) is 23.2. The van der Waals surface area contributed by atoms with Crippen LogP contribution in [0.25, 0.3) is 0 Å². The summed E-state index contributed by atoms with van der Waals surface area (Å²) in [6.45, 7) is 4.79. The van der Waals surface area contributed by atoms with Crippen molar-refractivity contribution in [3.63, 3.8) is 0 Å². The van der Waals surface area contributed by atoms with Gasteiger partial charge in [-0.15, -0.1) is 0 Å². The first-order chi connectivity index (χ1) is 42.0. The monoisotopic (exact) mass is 1220 g/mol. The zero-order chi connectivity index (χ0) is 62.6. The number of quaternary nitrogens is 1. The highest BCUT2D eigenvalue weighted by Crippen LogP contribution is 2.43. The Morgan fingerprint density at radius 2 is 0.698 bits per heavy atom. The van der Waals surface area contributed by atoms with Crippen LogP contribution >= 0.6 is 7.82 Å². The minimum absolute atomic E-state index is 0.0661. The van der Waals surface area contributed by atoms with E-state index in [1.54, 1.807) is 0 Å². The minimum Gasteiger partial charge on any atom is -0.391 e. The Balaban J connectivity index is 4.13. The van der Waals surface area contributed by atoms with Crippen molar-refractivity contribution < 1.29 is 32.9 Å². The molecule has 0 saturated heterocycles. The fraction of sp³-hybridized carbons (Fsp3) is 0.727. The van der Waals surface area contributed by atoms with Crippen LogP contribution in [0.3, 0.4) is 0 Å². The molecule has 3 N–H and O–H groups in total. The Hall–Kier alpha value is -3.10. The molecule has 0 aliphatic carbocycles. The van der Waals surface area contributed by atoms with Gasteiger partial charge in [0.15, 0.2) is 0 Å². The molecule has 0 heterocycles. The van der Waals surface area contributed by atoms with Crippen LogP contribution in [0.2, 0.25) is 0 Å². The number of nitrogens with zero attached hydrogens (tertiary/aromatic N) is 1. The number of aliphatic hydroxyl groups excluding tert-OH is 1. The standard InChI is InChI=1S/C77H137N2O6P/c1-6-8-10-12-14-16-18-20-22-24-26-28-30-32-34-35-36-37-38-39-40-41-42-43-45-47-49-51-53-55-57-59-61-63-65-67-69-71-77(81)78-75(74-85-86(82,83)84-73-72-79(3,4)5)76(80)70-68-66-64-62-60-58-56-54-52-50-48-46-44-33-31-29-27-25-23-21-19-17-15-13-11-9-7-2/h8,10,14,16,20,22,26,28,32,34,36-37,39-40,42-43,47,49,53,55,75-76,80H,6-7,9,11-13,15,17-19,21,23-25,27,29-31,33,35,38,41,44-46,48,50-52,54,56-74H2,1-5H3,(H-,78,81,82,83)/p+1/b10-8-,16-14-,22-20-,28-26-,34-32-,37-36-,40-39-,43-42-,49-47-,55-53-. The Bertz CT molecular complexity index is 1820. The van der Waals surface area contributed by atoms with Gasteiger partial charge in [-0.05, 0) is 89.9 Å². The zero-order valence-corrected chi connectivity index (χ0v) is 57.7. The van der Waals surface area contributed by atoms with E-state index in [0.29, 0.717) is 23.9 Å². The summed E-state index contributed by atoms with van der Waals surface area (Å²) in [7, 11) is 1.60. The second-order valence-electron chi connectivity index (χ2n) is 25.2. The molecule has 0 spiro atoms. The summed E-state index contributed by atoms with van der Waals surface area (Å²) in [5.74, 6) is -0.160. The third kappa shape index (κ3) is 68.4. The highest BCUT2D eigenvalue weighted by molar-refractivity contribution is 7.47. The van der Waals surface area contributed by atoms with Gasteiger partial charge in [-0.1, -0.05) is 334 Å². The third-order valence-corrected chi connectivity index (χ3v) is 16.7. The van der Waals surface area contributed by atoms with Crippen LogP contribution < -0.4 is 5.32 Å². The number of phosphoric ester groups is 1. The van der Waals surface area contributed by atoms with Crippen molar-refractivity contribution in [2.75, 3.05) is 40.9 Å². The molecule has 0 aromatic heterocycles. The maximum absolute atomic E-state index is 13.1. The van der Waals surface area contributed by atoms with Crippen LogP contribution in [0.5, 0.6) is 0 Å². The zero-order valence-electron chi connectivity index (χ0n) is 56.8. The van der Waals surface area contributed by atoms with E-state index in [1.165, 1.54) is 167 Å². The van der Waals surface area contributed by atoms with Crippen molar-refractivity contribution in [1.82, 2.24) is 5.32 Å². The average Bonchev–Trinajstić information content (AvgIpc) is 3.70. The molecule has 0 aliphatic heterocycles. The first kappa shape index (κ1) is 82.9. The molecule has 0 aliphatic rings. The molecule has 0 aromatic rings. The number of likely N-dealkylation sites (N-methyl/N-ethyl adjacent to an activating group) is 1. The van der Waals surface area contributed by atoms with Gasteiger partial charge in [-0.3, -0.25) is 13.8 Å². The molecular weight excluding hydrogens is 1080 g/mol. The molecular formula is C77H138N2O6P+. The summed E-state index contributed by atoms with van der Waals surface area (Å²) < 4.78 is 23.9. The van der Waals surface area contributed by atoms with E-state index in [4.69, 9.17) is 9.05 Å². The molecule has 8 nitrogen and oxygen atoms in total. The molecule has 0 bridgehead atoms. The van der Waals surface area contributed by atoms with E-state index in [0.717, 1.165) is 116 Å². The maximum atomic E-state index is 13.1. The van der Waals surface area contributed by atoms with Gasteiger partial charge in [0, 0.05) is 6.42 Å². The Morgan fingerprint density at radius 3 is 1.02 bits per heavy atom. The van der Waals surface area contributed by atoms with Crippen LogP contribution in [-0.2, 0) is 18.4 Å². The minimum atomic E-state index is -4.34. The lowest BCUT2D eigenvalue weighted by atomic mass is 10.0. The van der Waals surface area contributed by atoms with Gasteiger partial charge in [0.2, 0.25) is 5.91 Å². The second kappa shape index (κ2) is 66.3. The summed E-state index contributed by atoms with van der Waals surface area (Å²) in [5, 5.41) is 14.1. The smallest absolute Gasteiger partial charge is 0.391 e. The van der Waals surface area contributed by atoms with E-state index in [-0.39, 0.29) is 19.1 Å². The molecule has 0 saturated carbocycles. The lowest BCUT2D eigenvalue weighted by Crippen LogP contribution is -2.46. The number of unbranched alkanes of at least 4 members (excludes halogenated alkanes) is 32. The predicted molar refractivity (Wildman–Crippen MR) is 378 cm³/mol. The van der Waals surface area contributed by atoms with Crippen molar-refractivity contribution in [3.8, 4) is 0 Å². The molecule has 496 valence electrons. The molecule has 1 amide bonds. The number of phosphoric acid groups is 1. The number of hydrogen-bond donors (Lipinski definition) is 3. The first-order valence-corrected chi connectivity index (χ1v) is 37.4. The number of carbonyl (C=O) groups is 1. The third-order valence-electron chi connectivity index (χ3n) is 15.7. The number of rotatable bonds is 65.